The van der Waals surface area contributed by atoms with E-state index in [1.54, 1.807) is 0 Å². The zero-order valence-electron chi connectivity index (χ0n) is 15.4. The van der Waals surface area contributed by atoms with Crippen molar-refractivity contribution in [3.63, 3.8) is 0 Å². The Morgan fingerprint density at radius 3 is 2.50 bits per heavy atom. The van der Waals surface area contributed by atoms with Crippen molar-refractivity contribution in [2.75, 3.05) is 18.4 Å². The minimum atomic E-state index is -0.285. The Bertz CT molecular complexity index is 577. The third kappa shape index (κ3) is 4.34. The van der Waals surface area contributed by atoms with E-state index in [0.29, 0.717) is 17.9 Å². The van der Waals surface area contributed by atoms with Crippen LogP contribution in [0.4, 0.5) is 10.5 Å². The van der Waals surface area contributed by atoms with E-state index in [9.17, 15) is 4.79 Å². The molecular weight excluding hydrogens is 348 g/mol. The van der Waals surface area contributed by atoms with Gasteiger partial charge in [-0.2, -0.15) is 0 Å². The van der Waals surface area contributed by atoms with Gasteiger partial charge in [0.15, 0.2) is 0 Å². The fraction of sp³-hybridized carbons (Fsp3) is 0.667. The smallest absolute Gasteiger partial charge is 0.411 e. The molecule has 1 aliphatic heterocycles. The second kappa shape index (κ2) is 9.09. The topological polar surface area (TPSA) is 41.6 Å². The fourth-order valence-electron chi connectivity index (χ4n) is 5.29. The summed E-state index contributed by atoms with van der Waals surface area (Å²) in [5.41, 5.74) is 0.807. The number of likely N-dealkylation sites (tertiary alicyclic amines) is 1. The number of halogens is 1. The van der Waals surface area contributed by atoms with Crippen molar-refractivity contribution >= 4 is 24.2 Å². The molecule has 4 atom stereocenters. The molecule has 5 heteroatoms. The first-order valence-corrected chi connectivity index (χ1v) is 10.1. The summed E-state index contributed by atoms with van der Waals surface area (Å²) in [5.74, 6) is 1.08. The van der Waals surface area contributed by atoms with Gasteiger partial charge >= 0.3 is 6.09 Å². The molecule has 0 spiro atoms. The van der Waals surface area contributed by atoms with Gasteiger partial charge in [-0.3, -0.25) is 10.2 Å². The van der Waals surface area contributed by atoms with Crippen LogP contribution in [0.25, 0.3) is 0 Å². The summed E-state index contributed by atoms with van der Waals surface area (Å²) in [6.45, 7) is 2.46. The van der Waals surface area contributed by atoms with Crippen LogP contribution in [0, 0.1) is 11.8 Å². The number of rotatable bonds is 3. The lowest BCUT2D eigenvalue weighted by molar-refractivity contribution is -0.0688. The van der Waals surface area contributed by atoms with Crippen LogP contribution in [0.1, 0.15) is 51.4 Å². The van der Waals surface area contributed by atoms with Crippen LogP contribution in [0.2, 0.25) is 0 Å². The van der Waals surface area contributed by atoms with Gasteiger partial charge < -0.3 is 4.74 Å². The zero-order valence-corrected chi connectivity index (χ0v) is 16.3. The van der Waals surface area contributed by atoms with Crippen molar-refractivity contribution in [1.82, 2.24) is 4.90 Å². The van der Waals surface area contributed by atoms with Gasteiger partial charge in [-0.25, -0.2) is 4.79 Å². The summed E-state index contributed by atoms with van der Waals surface area (Å²) < 4.78 is 6.01. The monoisotopic (exact) mass is 378 g/mol. The number of hydrogen-bond donors (Lipinski definition) is 1. The van der Waals surface area contributed by atoms with Crippen molar-refractivity contribution in [1.29, 1.82) is 0 Å². The van der Waals surface area contributed by atoms with Crippen molar-refractivity contribution in [3.05, 3.63) is 30.3 Å². The quantitative estimate of drug-likeness (QED) is 0.796. The Hall–Kier alpha value is -1.26. The predicted molar refractivity (Wildman–Crippen MR) is 107 cm³/mol. The maximum atomic E-state index is 12.4. The predicted octanol–water partition coefficient (Wildman–Crippen LogP) is 5.09. The summed E-state index contributed by atoms with van der Waals surface area (Å²) in [6.07, 6.45) is 10.0. The molecule has 1 aromatic carbocycles. The number of amides is 1. The van der Waals surface area contributed by atoms with Gasteiger partial charge in [-0.05, 0) is 69.7 Å². The Balaban J connectivity index is 0.00000196. The molecule has 144 valence electrons. The maximum absolute atomic E-state index is 12.4. The number of carbonyl (C=O) groups is 1. The molecule has 2 bridgehead atoms. The Morgan fingerprint density at radius 2 is 1.73 bits per heavy atom. The number of nitrogens with zero attached hydrogens (tertiary/aromatic N) is 1. The lowest BCUT2D eigenvalue weighted by Gasteiger charge is -2.50. The minimum Gasteiger partial charge on any atom is -0.445 e. The molecule has 0 aromatic heterocycles. The molecule has 4 unspecified atom stereocenters. The number of benzene rings is 1. The van der Waals surface area contributed by atoms with Crippen LogP contribution in [0.5, 0.6) is 0 Å². The van der Waals surface area contributed by atoms with Crippen LogP contribution in [-0.4, -0.2) is 36.2 Å². The molecule has 2 aliphatic carbocycles. The molecule has 1 heterocycles. The Kier molecular flexibility index (Phi) is 6.82. The Labute approximate surface area is 163 Å². The van der Waals surface area contributed by atoms with E-state index in [2.05, 4.69) is 10.2 Å². The van der Waals surface area contributed by atoms with Crippen LogP contribution >= 0.6 is 12.4 Å². The van der Waals surface area contributed by atoms with Gasteiger partial charge in [0.1, 0.15) is 6.10 Å². The highest BCUT2D eigenvalue weighted by Crippen LogP contribution is 2.44. The van der Waals surface area contributed by atoms with Crippen LogP contribution < -0.4 is 5.32 Å². The summed E-state index contributed by atoms with van der Waals surface area (Å²) in [7, 11) is 0. The highest BCUT2D eigenvalue weighted by atomic mass is 35.5. The third-order valence-electron chi connectivity index (χ3n) is 6.45. The molecule has 26 heavy (non-hydrogen) atoms. The van der Waals surface area contributed by atoms with Gasteiger partial charge in [0.25, 0.3) is 0 Å². The van der Waals surface area contributed by atoms with Crippen LogP contribution in [0.15, 0.2) is 30.3 Å². The lowest BCUT2D eigenvalue weighted by atomic mass is 9.67. The summed E-state index contributed by atoms with van der Waals surface area (Å²) in [6, 6.07) is 10.2. The standard InChI is InChI=1S/C21H30N2O2.ClH/c24-21(22-17-9-3-1-4-10-17)25-20-16-8-7-11-18(20)19(13-12-16)23-14-5-2-6-15-23;/h1,3-4,9-10,16,18-20H,2,5-8,11-15H2,(H,22,24);1H. The van der Waals surface area contributed by atoms with Crippen LogP contribution in [-0.2, 0) is 4.74 Å². The molecule has 4 rings (SSSR count). The van der Waals surface area contributed by atoms with E-state index in [1.165, 1.54) is 64.5 Å². The molecule has 3 aliphatic rings. The van der Waals surface area contributed by atoms with E-state index in [0.717, 1.165) is 5.69 Å². The second-order valence-electron chi connectivity index (χ2n) is 7.96. The van der Waals surface area contributed by atoms with Gasteiger partial charge in [0.2, 0.25) is 0 Å². The normalized spacial score (nSPS) is 31.5. The first kappa shape index (κ1) is 19.5. The number of piperidine rings is 1. The molecule has 2 saturated carbocycles. The Morgan fingerprint density at radius 1 is 0.962 bits per heavy atom. The lowest BCUT2D eigenvalue weighted by Crippen LogP contribution is -2.54. The first-order valence-electron chi connectivity index (χ1n) is 10.1. The van der Waals surface area contributed by atoms with Crippen molar-refractivity contribution in [2.45, 2.75) is 63.5 Å². The number of anilines is 1. The number of fused-ring (bicyclic) bond motifs is 2. The maximum Gasteiger partial charge on any atom is 0.411 e. The van der Waals surface area contributed by atoms with E-state index < -0.39 is 0 Å². The second-order valence-corrected chi connectivity index (χ2v) is 7.96. The average molecular weight is 379 g/mol. The van der Waals surface area contributed by atoms with Crippen molar-refractivity contribution in [2.24, 2.45) is 11.8 Å². The molecule has 0 radical (unpaired) electrons. The highest BCUT2D eigenvalue weighted by Gasteiger charge is 2.46. The van der Waals surface area contributed by atoms with Gasteiger partial charge in [-0.15, -0.1) is 12.4 Å². The SMILES string of the molecule is Cl.O=C(Nc1ccccc1)OC1C2CCCC1C(N1CCCCC1)CC2. The summed E-state index contributed by atoms with van der Waals surface area (Å²) in [5, 5.41) is 2.90. The molecule has 1 amide bonds. The number of ether oxygens (including phenoxy) is 1. The van der Waals surface area contributed by atoms with Crippen molar-refractivity contribution < 1.29 is 9.53 Å². The average Bonchev–Trinajstić information content (AvgIpc) is 2.63. The highest BCUT2D eigenvalue weighted by molar-refractivity contribution is 5.85. The first-order chi connectivity index (χ1) is 12.3. The largest absolute Gasteiger partial charge is 0.445 e. The third-order valence-corrected chi connectivity index (χ3v) is 6.45. The van der Waals surface area contributed by atoms with Crippen molar-refractivity contribution in [3.8, 4) is 0 Å². The zero-order chi connectivity index (χ0) is 17.1. The van der Waals surface area contributed by atoms with E-state index in [4.69, 9.17) is 4.74 Å². The van der Waals surface area contributed by atoms with Gasteiger partial charge in [0.05, 0.1) is 0 Å². The molecular formula is C21H31ClN2O2. The summed E-state index contributed by atoms with van der Waals surface area (Å²) in [4.78, 5) is 15.1. The van der Waals surface area contributed by atoms with E-state index in [1.807, 2.05) is 30.3 Å². The van der Waals surface area contributed by atoms with Gasteiger partial charge in [0, 0.05) is 17.6 Å². The van der Waals surface area contributed by atoms with Gasteiger partial charge in [-0.1, -0.05) is 31.0 Å². The molecule has 1 saturated heterocycles. The molecule has 4 nitrogen and oxygen atoms in total. The van der Waals surface area contributed by atoms with Crippen LogP contribution in [0.3, 0.4) is 0 Å². The number of carbonyl (C=O) groups excluding carboxylic acids is 1. The fourth-order valence-corrected chi connectivity index (χ4v) is 5.29. The molecule has 1 aromatic rings. The number of para-hydroxylation sites is 1. The van der Waals surface area contributed by atoms with E-state index in [-0.39, 0.29) is 24.6 Å². The minimum absolute atomic E-state index is 0. The molecule has 1 N–H and O–H groups in total. The number of nitrogens with one attached hydrogen (secondary N) is 1. The molecule has 3 fully saturated rings. The van der Waals surface area contributed by atoms with E-state index >= 15 is 0 Å². The summed E-state index contributed by atoms with van der Waals surface area (Å²) >= 11 is 0. The number of hydrogen-bond acceptors (Lipinski definition) is 3.